The van der Waals surface area contributed by atoms with Crippen LogP contribution in [0.15, 0.2) is 87.6 Å². The molecule has 1 atom stereocenters. The Balaban J connectivity index is 1.88. The zero-order chi connectivity index (χ0) is 22.0. The molecule has 8 heteroatoms. The van der Waals surface area contributed by atoms with Gasteiger partial charge < -0.3 is 0 Å². The highest BCUT2D eigenvalue weighted by Crippen LogP contribution is 2.37. The van der Waals surface area contributed by atoms with Gasteiger partial charge in [0.25, 0.3) is 0 Å². The minimum Gasteiger partial charge on any atom is -0.246 e. The maximum absolute atomic E-state index is 13.3. The van der Waals surface area contributed by atoms with Crippen LogP contribution in [-0.2, 0) is 9.84 Å². The number of fused-ring (bicyclic) bond motifs is 1. The van der Waals surface area contributed by atoms with Crippen molar-refractivity contribution in [2.75, 3.05) is 0 Å². The van der Waals surface area contributed by atoms with Crippen molar-refractivity contribution in [1.29, 1.82) is 5.26 Å². The third kappa shape index (κ3) is 4.29. The summed E-state index contributed by atoms with van der Waals surface area (Å²) in [5.74, 6) is -0.562. The molecule has 4 rings (SSSR count). The van der Waals surface area contributed by atoms with Crippen molar-refractivity contribution in [2.45, 2.75) is 27.0 Å². The molecule has 0 aliphatic carbocycles. The highest BCUT2D eigenvalue weighted by Gasteiger charge is 2.33. The molecule has 0 unspecified atom stereocenters. The van der Waals surface area contributed by atoms with Crippen molar-refractivity contribution in [3.63, 3.8) is 0 Å². The molecule has 0 aliphatic rings. The number of hydrogen-bond donors (Lipinski definition) is 0. The molecule has 0 amide bonds. The Hall–Kier alpha value is -3.28. The van der Waals surface area contributed by atoms with Gasteiger partial charge >= 0.3 is 0 Å². The van der Waals surface area contributed by atoms with Gasteiger partial charge in [-0.1, -0.05) is 41.6 Å². The molecule has 31 heavy (non-hydrogen) atoms. The summed E-state index contributed by atoms with van der Waals surface area (Å²) in [6.45, 7) is 1.97. The van der Waals surface area contributed by atoms with Crippen LogP contribution in [-0.4, -0.2) is 18.4 Å². The molecule has 0 bridgehead atoms. The van der Waals surface area contributed by atoms with Crippen LogP contribution in [0.4, 0.5) is 4.39 Å². The quantitative estimate of drug-likeness (QED) is 0.386. The van der Waals surface area contributed by atoms with E-state index < -0.39 is 20.9 Å². The van der Waals surface area contributed by atoms with Crippen LogP contribution in [0.1, 0.15) is 16.5 Å². The number of aryl methyl sites for hydroxylation is 1. The van der Waals surface area contributed by atoms with Gasteiger partial charge in [-0.05, 0) is 55.5 Å². The normalized spacial score (nSPS) is 12.4. The van der Waals surface area contributed by atoms with E-state index in [0.717, 1.165) is 34.7 Å². The van der Waals surface area contributed by atoms with Gasteiger partial charge in [0.1, 0.15) is 16.5 Å². The molecular weight excluding hydrogens is 433 g/mol. The summed E-state index contributed by atoms with van der Waals surface area (Å²) in [4.78, 5) is 9.81. The summed E-state index contributed by atoms with van der Waals surface area (Å²) in [6, 6.07) is 21.0. The van der Waals surface area contributed by atoms with E-state index in [-0.39, 0.29) is 10.6 Å². The molecule has 154 valence electrons. The summed E-state index contributed by atoms with van der Waals surface area (Å²) in [5.41, 5.74) is 2.22. The first kappa shape index (κ1) is 21.0. The molecule has 0 N–H and O–H groups in total. The van der Waals surface area contributed by atoms with Crippen molar-refractivity contribution in [2.24, 2.45) is 0 Å². The summed E-state index contributed by atoms with van der Waals surface area (Å²) < 4.78 is 39.8. The Bertz CT molecular complexity index is 1400. The molecule has 0 saturated heterocycles. The second kappa shape index (κ2) is 8.46. The molecule has 1 heterocycles. The van der Waals surface area contributed by atoms with Gasteiger partial charge in [-0.3, -0.25) is 0 Å². The van der Waals surface area contributed by atoms with Gasteiger partial charge in [0.05, 0.1) is 22.0 Å². The number of benzene rings is 3. The molecular formula is C23H16FN3O2S2. The minimum absolute atomic E-state index is 0.0519. The fourth-order valence-electron chi connectivity index (χ4n) is 3.00. The number of para-hydroxylation sites is 2. The third-order valence-electron chi connectivity index (χ3n) is 4.62. The van der Waals surface area contributed by atoms with Gasteiger partial charge in [0.2, 0.25) is 9.84 Å². The van der Waals surface area contributed by atoms with E-state index in [9.17, 15) is 18.1 Å². The number of aromatic nitrogens is 2. The topological polar surface area (TPSA) is 83.7 Å². The van der Waals surface area contributed by atoms with Crippen LogP contribution >= 0.6 is 11.8 Å². The van der Waals surface area contributed by atoms with E-state index >= 15 is 0 Å². The first-order valence-corrected chi connectivity index (χ1v) is 11.6. The summed E-state index contributed by atoms with van der Waals surface area (Å²) >= 11 is 1.25. The van der Waals surface area contributed by atoms with Crippen molar-refractivity contribution in [3.05, 3.63) is 89.9 Å². The summed E-state index contributed by atoms with van der Waals surface area (Å²) in [5, 5.41) is 8.59. The second-order valence-electron chi connectivity index (χ2n) is 6.83. The smallest absolute Gasteiger partial charge is 0.200 e. The van der Waals surface area contributed by atoms with Crippen molar-refractivity contribution in [1.82, 2.24) is 9.97 Å². The molecule has 0 fully saturated rings. The van der Waals surface area contributed by atoms with Crippen LogP contribution in [0.25, 0.3) is 11.0 Å². The summed E-state index contributed by atoms with van der Waals surface area (Å²) in [6.07, 6.45) is 0. The van der Waals surface area contributed by atoms with Crippen LogP contribution in [0.5, 0.6) is 0 Å². The second-order valence-corrected chi connectivity index (χ2v) is 9.92. The fraction of sp³-hybridized carbons (Fsp3) is 0.0870. The summed E-state index contributed by atoms with van der Waals surface area (Å²) in [7, 11) is -4.15. The zero-order valence-corrected chi connectivity index (χ0v) is 18.0. The maximum atomic E-state index is 13.3. The van der Waals surface area contributed by atoms with Gasteiger partial charge in [-0.2, -0.15) is 5.26 Å². The van der Waals surface area contributed by atoms with E-state index in [1.165, 1.54) is 11.8 Å². The zero-order valence-electron chi connectivity index (χ0n) is 16.4. The molecule has 0 saturated carbocycles. The molecule has 4 aromatic rings. The van der Waals surface area contributed by atoms with E-state index in [1.54, 1.807) is 18.2 Å². The Morgan fingerprint density at radius 2 is 1.55 bits per heavy atom. The van der Waals surface area contributed by atoms with Gasteiger partial charge in [-0.25, -0.2) is 22.8 Å². The lowest BCUT2D eigenvalue weighted by atomic mass is 10.2. The predicted octanol–water partition coefficient (Wildman–Crippen LogP) is 5.27. The van der Waals surface area contributed by atoms with E-state index in [2.05, 4.69) is 9.97 Å². The Morgan fingerprint density at radius 1 is 0.935 bits per heavy atom. The SMILES string of the molecule is Cc1ccc(Sc2nc3ccccc3nc2[C@H](C#N)S(=O)(=O)c2ccc(F)cc2)cc1. The number of nitriles is 1. The number of nitrogens with zero attached hydrogens (tertiary/aromatic N) is 3. The lowest BCUT2D eigenvalue weighted by molar-refractivity contribution is 0.588. The lowest BCUT2D eigenvalue weighted by Gasteiger charge is -2.15. The Morgan fingerprint density at radius 3 is 2.16 bits per heavy atom. The average molecular weight is 450 g/mol. The molecule has 3 aromatic carbocycles. The standard InChI is InChI=1S/C23H16FN3O2S2/c1-15-6-10-17(11-7-15)30-23-22(26-19-4-2-3-5-20(19)27-23)21(14-25)31(28,29)18-12-8-16(24)9-13-18/h2-13,21H,1H3/t21-/m0/s1. The monoisotopic (exact) mass is 449 g/mol. The fourth-order valence-corrected chi connectivity index (χ4v) is 5.37. The third-order valence-corrected chi connectivity index (χ3v) is 7.50. The van der Waals surface area contributed by atoms with Crippen molar-refractivity contribution >= 4 is 32.6 Å². The van der Waals surface area contributed by atoms with Crippen molar-refractivity contribution in [3.8, 4) is 6.07 Å². The number of rotatable bonds is 5. The van der Waals surface area contributed by atoms with Crippen LogP contribution in [0.2, 0.25) is 0 Å². The number of hydrogen-bond acceptors (Lipinski definition) is 6. The molecule has 0 spiro atoms. The van der Waals surface area contributed by atoms with E-state index in [1.807, 2.05) is 43.3 Å². The van der Waals surface area contributed by atoms with Gasteiger partial charge in [0, 0.05) is 4.90 Å². The number of sulfone groups is 1. The first-order chi connectivity index (χ1) is 14.9. The molecule has 0 radical (unpaired) electrons. The minimum atomic E-state index is -4.15. The van der Waals surface area contributed by atoms with Crippen LogP contribution in [0, 0.1) is 24.1 Å². The van der Waals surface area contributed by atoms with Crippen molar-refractivity contribution < 1.29 is 12.8 Å². The molecule has 5 nitrogen and oxygen atoms in total. The highest BCUT2D eigenvalue weighted by atomic mass is 32.2. The predicted molar refractivity (Wildman–Crippen MR) is 117 cm³/mol. The van der Waals surface area contributed by atoms with Gasteiger partial charge in [0.15, 0.2) is 5.25 Å². The van der Waals surface area contributed by atoms with E-state index in [0.29, 0.717) is 16.1 Å². The van der Waals surface area contributed by atoms with Crippen LogP contribution < -0.4 is 0 Å². The Kier molecular flexibility index (Phi) is 5.72. The highest BCUT2D eigenvalue weighted by molar-refractivity contribution is 7.99. The average Bonchev–Trinajstić information content (AvgIpc) is 2.76. The first-order valence-electron chi connectivity index (χ1n) is 9.29. The largest absolute Gasteiger partial charge is 0.246 e. The lowest BCUT2D eigenvalue weighted by Crippen LogP contribution is -2.15. The van der Waals surface area contributed by atoms with Gasteiger partial charge in [-0.15, -0.1) is 0 Å². The Labute approximate surface area is 183 Å². The van der Waals surface area contributed by atoms with Crippen LogP contribution in [0.3, 0.4) is 0 Å². The van der Waals surface area contributed by atoms with E-state index in [4.69, 9.17) is 0 Å². The molecule has 1 aromatic heterocycles. The maximum Gasteiger partial charge on any atom is 0.200 e. The molecule has 0 aliphatic heterocycles. The number of halogens is 1.